The van der Waals surface area contributed by atoms with E-state index < -0.39 is 6.23 Å². The molecular formula is C11H17NO2. The highest BCUT2D eigenvalue weighted by Gasteiger charge is 2.13. The maximum Gasteiger partial charge on any atom is 0.134 e. The molecule has 0 aliphatic rings. The number of hydrogen-bond donors (Lipinski definition) is 2. The fourth-order valence-electron chi connectivity index (χ4n) is 1.62. The van der Waals surface area contributed by atoms with Crippen LogP contribution in [0.25, 0.3) is 0 Å². The molecule has 0 aliphatic heterocycles. The molecule has 1 atom stereocenters. The van der Waals surface area contributed by atoms with E-state index in [4.69, 9.17) is 4.74 Å². The van der Waals surface area contributed by atoms with E-state index in [-0.39, 0.29) is 0 Å². The monoisotopic (exact) mass is 195 g/mol. The van der Waals surface area contributed by atoms with Gasteiger partial charge in [-0.15, -0.1) is 0 Å². The molecule has 0 saturated carbocycles. The summed E-state index contributed by atoms with van der Waals surface area (Å²) in [6, 6.07) is 3.96. The first-order valence-electron chi connectivity index (χ1n) is 4.60. The van der Waals surface area contributed by atoms with E-state index in [2.05, 4.69) is 5.32 Å². The van der Waals surface area contributed by atoms with Crippen molar-refractivity contribution in [1.82, 2.24) is 5.32 Å². The number of aliphatic hydroxyl groups is 1. The Morgan fingerprint density at radius 3 is 2.50 bits per heavy atom. The Balaban J connectivity index is 3.24. The summed E-state index contributed by atoms with van der Waals surface area (Å²) in [7, 11) is 3.32. The van der Waals surface area contributed by atoms with Crippen molar-refractivity contribution in [3.8, 4) is 5.75 Å². The highest BCUT2D eigenvalue weighted by Crippen LogP contribution is 2.28. The van der Waals surface area contributed by atoms with Crippen molar-refractivity contribution in [2.45, 2.75) is 20.1 Å². The fourth-order valence-corrected chi connectivity index (χ4v) is 1.62. The fraction of sp³-hybridized carbons (Fsp3) is 0.455. The van der Waals surface area contributed by atoms with E-state index in [0.717, 1.165) is 22.4 Å². The van der Waals surface area contributed by atoms with Gasteiger partial charge in [0.1, 0.15) is 12.0 Å². The molecule has 14 heavy (non-hydrogen) atoms. The van der Waals surface area contributed by atoms with Crippen molar-refractivity contribution in [1.29, 1.82) is 0 Å². The summed E-state index contributed by atoms with van der Waals surface area (Å²) >= 11 is 0. The number of nitrogens with one attached hydrogen (secondary N) is 1. The lowest BCUT2D eigenvalue weighted by Gasteiger charge is -2.16. The molecule has 3 nitrogen and oxygen atoms in total. The SMILES string of the molecule is CNC(O)c1cc(C)cc(C)c1OC. The van der Waals surface area contributed by atoms with Crippen LogP contribution in [-0.4, -0.2) is 19.3 Å². The van der Waals surface area contributed by atoms with Gasteiger partial charge < -0.3 is 9.84 Å². The van der Waals surface area contributed by atoms with Crippen LogP contribution < -0.4 is 10.1 Å². The molecule has 1 rings (SSSR count). The van der Waals surface area contributed by atoms with Gasteiger partial charge in [0, 0.05) is 5.56 Å². The van der Waals surface area contributed by atoms with Crippen LogP contribution in [0.1, 0.15) is 22.9 Å². The second kappa shape index (κ2) is 4.44. The van der Waals surface area contributed by atoms with Crippen LogP contribution in [0.5, 0.6) is 5.75 Å². The average Bonchev–Trinajstić information content (AvgIpc) is 2.15. The highest BCUT2D eigenvalue weighted by molar-refractivity contribution is 5.44. The lowest BCUT2D eigenvalue weighted by atomic mass is 10.0. The Kier molecular flexibility index (Phi) is 3.49. The largest absolute Gasteiger partial charge is 0.496 e. The van der Waals surface area contributed by atoms with Gasteiger partial charge in [-0.25, -0.2) is 0 Å². The first-order chi connectivity index (χ1) is 6.60. The van der Waals surface area contributed by atoms with Crippen LogP contribution >= 0.6 is 0 Å². The van der Waals surface area contributed by atoms with Gasteiger partial charge in [0.05, 0.1) is 7.11 Å². The zero-order chi connectivity index (χ0) is 10.7. The van der Waals surface area contributed by atoms with Crippen LogP contribution in [0.15, 0.2) is 12.1 Å². The number of aryl methyl sites for hydroxylation is 2. The van der Waals surface area contributed by atoms with Gasteiger partial charge in [0.15, 0.2) is 0 Å². The Bertz CT molecular complexity index is 323. The molecule has 3 heteroatoms. The minimum Gasteiger partial charge on any atom is -0.496 e. The molecule has 0 fully saturated rings. The number of aliphatic hydroxyl groups excluding tert-OH is 1. The molecule has 0 saturated heterocycles. The molecule has 0 spiro atoms. The van der Waals surface area contributed by atoms with E-state index in [1.807, 2.05) is 26.0 Å². The van der Waals surface area contributed by atoms with Gasteiger partial charge in [0.2, 0.25) is 0 Å². The van der Waals surface area contributed by atoms with Crippen molar-refractivity contribution < 1.29 is 9.84 Å². The van der Waals surface area contributed by atoms with Crippen LogP contribution in [0.4, 0.5) is 0 Å². The van der Waals surface area contributed by atoms with E-state index in [1.165, 1.54) is 0 Å². The molecular weight excluding hydrogens is 178 g/mol. The predicted molar refractivity (Wildman–Crippen MR) is 56.5 cm³/mol. The topological polar surface area (TPSA) is 41.5 Å². The van der Waals surface area contributed by atoms with Crippen LogP contribution in [0, 0.1) is 13.8 Å². The highest BCUT2D eigenvalue weighted by atomic mass is 16.5. The van der Waals surface area contributed by atoms with E-state index in [9.17, 15) is 5.11 Å². The van der Waals surface area contributed by atoms with Crippen molar-refractivity contribution in [3.63, 3.8) is 0 Å². The second-order valence-electron chi connectivity index (χ2n) is 3.40. The Hall–Kier alpha value is -1.06. The molecule has 1 unspecified atom stereocenters. The van der Waals surface area contributed by atoms with Crippen molar-refractivity contribution in [2.75, 3.05) is 14.2 Å². The second-order valence-corrected chi connectivity index (χ2v) is 3.40. The zero-order valence-corrected chi connectivity index (χ0v) is 9.09. The molecule has 0 heterocycles. The molecule has 0 bridgehead atoms. The maximum atomic E-state index is 9.70. The van der Waals surface area contributed by atoms with Crippen molar-refractivity contribution in [2.24, 2.45) is 0 Å². The van der Waals surface area contributed by atoms with Crippen molar-refractivity contribution >= 4 is 0 Å². The first-order valence-corrected chi connectivity index (χ1v) is 4.60. The molecule has 2 N–H and O–H groups in total. The average molecular weight is 195 g/mol. The molecule has 1 aromatic rings. The number of methoxy groups -OCH3 is 1. The molecule has 1 aromatic carbocycles. The third kappa shape index (κ3) is 2.05. The third-order valence-corrected chi connectivity index (χ3v) is 2.22. The van der Waals surface area contributed by atoms with Gasteiger partial charge in [0.25, 0.3) is 0 Å². The van der Waals surface area contributed by atoms with Crippen LogP contribution in [-0.2, 0) is 0 Å². The summed E-state index contributed by atoms with van der Waals surface area (Å²) in [6.07, 6.45) is -0.677. The van der Waals surface area contributed by atoms with E-state index >= 15 is 0 Å². The summed E-state index contributed by atoms with van der Waals surface area (Å²) < 4.78 is 5.25. The lowest BCUT2D eigenvalue weighted by molar-refractivity contribution is 0.145. The smallest absolute Gasteiger partial charge is 0.134 e. The zero-order valence-electron chi connectivity index (χ0n) is 9.09. The third-order valence-electron chi connectivity index (χ3n) is 2.22. The Labute approximate surface area is 84.7 Å². The van der Waals surface area contributed by atoms with Gasteiger partial charge in [-0.3, -0.25) is 5.32 Å². The molecule has 0 aromatic heterocycles. The Morgan fingerprint density at radius 2 is 2.00 bits per heavy atom. The van der Waals surface area contributed by atoms with Crippen LogP contribution in [0.2, 0.25) is 0 Å². The molecule has 0 amide bonds. The normalized spacial score (nSPS) is 12.6. The molecule has 78 valence electrons. The van der Waals surface area contributed by atoms with E-state index in [1.54, 1.807) is 14.2 Å². The first kappa shape index (κ1) is 11.0. The van der Waals surface area contributed by atoms with Gasteiger partial charge in [-0.1, -0.05) is 11.6 Å². The lowest BCUT2D eigenvalue weighted by Crippen LogP contribution is -2.16. The summed E-state index contributed by atoms with van der Waals surface area (Å²) in [5.74, 6) is 0.748. The minimum absolute atomic E-state index is 0.677. The Morgan fingerprint density at radius 1 is 1.36 bits per heavy atom. The summed E-state index contributed by atoms with van der Waals surface area (Å²) in [5, 5.41) is 12.5. The molecule has 0 aliphatic carbocycles. The van der Waals surface area contributed by atoms with Crippen LogP contribution in [0.3, 0.4) is 0 Å². The quantitative estimate of drug-likeness (QED) is 0.718. The van der Waals surface area contributed by atoms with Gasteiger partial charge in [-0.2, -0.15) is 0 Å². The number of ether oxygens (including phenoxy) is 1. The number of benzene rings is 1. The summed E-state index contributed by atoms with van der Waals surface area (Å²) in [4.78, 5) is 0. The van der Waals surface area contributed by atoms with Gasteiger partial charge in [-0.05, 0) is 32.5 Å². The maximum absolute atomic E-state index is 9.70. The summed E-state index contributed by atoms with van der Waals surface area (Å²) in [5.41, 5.74) is 2.94. The van der Waals surface area contributed by atoms with Gasteiger partial charge >= 0.3 is 0 Å². The number of rotatable bonds is 3. The standard InChI is InChI=1S/C11H17NO2/c1-7-5-8(2)10(14-4)9(6-7)11(13)12-3/h5-6,11-13H,1-4H3. The van der Waals surface area contributed by atoms with Crippen molar-refractivity contribution in [3.05, 3.63) is 28.8 Å². The molecule has 0 radical (unpaired) electrons. The minimum atomic E-state index is -0.677. The van der Waals surface area contributed by atoms with E-state index in [0.29, 0.717) is 0 Å². The predicted octanol–water partition coefficient (Wildman–Crippen LogP) is 1.52. The number of hydrogen-bond acceptors (Lipinski definition) is 3. The summed E-state index contributed by atoms with van der Waals surface area (Å²) in [6.45, 7) is 3.97.